The molecule has 8 nitrogen and oxygen atoms in total. The minimum absolute atomic E-state index is 0.144. The first-order valence-corrected chi connectivity index (χ1v) is 5.59. The van der Waals surface area contributed by atoms with Gasteiger partial charge >= 0.3 is 0 Å². The summed E-state index contributed by atoms with van der Waals surface area (Å²) in [6.07, 6.45) is 0. The van der Waals surface area contributed by atoms with Crippen LogP contribution in [0.15, 0.2) is 35.0 Å². The van der Waals surface area contributed by atoms with Gasteiger partial charge in [-0.15, -0.1) is 5.10 Å². The number of rotatable bonds is 3. The molecular formula is C11H11N7O. The second kappa shape index (κ2) is 4.50. The topological polar surface area (TPSA) is 122 Å². The summed E-state index contributed by atoms with van der Waals surface area (Å²) >= 11 is 0. The van der Waals surface area contributed by atoms with E-state index in [9.17, 15) is 0 Å². The van der Waals surface area contributed by atoms with E-state index in [0.29, 0.717) is 11.5 Å². The third-order valence-corrected chi connectivity index (χ3v) is 2.68. The van der Waals surface area contributed by atoms with E-state index in [-0.39, 0.29) is 12.4 Å². The molecule has 0 saturated carbocycles. The Morgan fingerprint density at radius 2 is 1.95 bits per heavy atom. The van der Waals surface area contributed by atoms with Gasteiger partial charge in [-0.2, -0.15) is 4.68 Å². The lowest BCUT2D eigenvalue weighted by molar-refractivity contribution is 0.307. The third-order valence-electron chi connectivity index (χ3n) is 2.68. The molecule has 1 aromatic carbocycles. The van der Waals surface area contributed by atoms with E-state index in [2.05, 4.69) is 25.3 Å². The third kappa shape index (κ3) is 1.83. The zero-order chi connectivity index (χ0) is 13.2. The predicted octanol–water partition coefficient (Wildman–Crippen LogP) is 0.358. The average molecular weight is 257 g/mol. The second-order valence-corrected chi connectivity index (χ2v) is 3.84. The van der Waals surface area contributed by atoms with E-state index in [4.69, 9.17) is 11.5 Å². The zero-order valence-electron chi connectivity index (χ0n) is 9.89. The number of hydrogen-bond donors (Lipinski definition) is 2. The van der Waals surface area contributed by atoms with Crippen molar-refractivity contribution in [3.63, 3.8) is 0 Å². The number of aromatic nitrogens is 5. The van der Waals surface area contributed by atoms with Crippen LogP contribution >= 0.6 is 0 Å². The molecule has 0 unspecified atom stereocenters. The van der Waals surface area contributed by atoms with Gasteiger partial charge in [-0.1, -0.05) is 35.5 Å². The monoisotopic (exact) mass is 257 g/mol. The second-order valence-electron chi connectivity index (χ2n) is 3.84. The summed E-state index contributed by atoms with van der Waals surface area (Å²) in [6, 6.07) is 9.61. The van der Waals surface area contributed by atoms with Crippen molar-refractivity contribution in [2.75, 3.05) is 5.73 Å². The van der Waals surface area contributed by atoms with Crippen LogP contribution in [0.2, 0.25) is 0 Å². The standard InChI is InChI=1S/C11H11N7O/c12-6-8-9(7-4-2-1-3-5-7)18(17-14-8)11-10(13)15-19-16-11/h1-5H,6,12H2,(H2,13,15). The van der Waals surface area contributed by atoms with Crippen LogP contribution in [-0.4, -0.2) is 25.3 Å². The van der Waals surface area contributed by atoms with Gasteiger partial charge in [-0.05, 0) is 10.3 Å². The molecule has 0 atom stereocenters. The van der Waals surface area contributed by atoms with E-state index in [1.807, 2.05) is 30.3 Å². The predicted molar refractivity (Wildman–Crippen MR) is 67.0 cm³/mol. The maximum Gasteiger partial charge on any atom is 0.243 e. The Morgan fingerprint density at radius 1 is 1.16 bits per heavy atom. The van der Waals surface area contributed by atoms with Crippen molar-refractivity contribution in [3.05, 3.63) is 36.0 Å². The van der Waals surface area contributed by atoms with E-state index in [1.54, 1.807) is 0 Å². The summed E-state index contributed by atoms with van der Waals surface area (Å²) in [6.45, 7) is 0.259. The molecule has 19 heavy (non-hydrogen) atoms. The van der Waals surface area contributed by atoms with Crippen LogP contribution in [-0.2, 0) is 6.54 Å². The molecule has 3 rings (SSSR count). The van der Waals surface area contributed by atoms with Gasteiger partial charge in [0, 0.05) is 12.1 Å². The normalized spacial score (nSPS) is 10.8. The van der Waals surface area contributed by atoms with Crippen molar-refractivity contribution >= 4 is 5.82 Å². The molecule has 0 fully saturated rings. The first kappa shape index (κ1) is 11.4. The Labute approximate surface area is 108 Å². The van der Waals surface area contributed by atoms with Gasteiger partial charge in [0.15, 0.2) is 0 Å². The smallest absolute Gasteiger partial charge is 0.243 e. The van der Waals surface area contributed by atoms with Crippen molar-refractivity contribution in [2.24, 2.45) is 5.73 Å². The number of nitrogen functional groups attached to an aromatic ring is 1. The molecule has 0 aliphatic heterocycles. The van der Waals surface area contributed by atoms with E-state index in [0.717, 1.165) is 11.3 Å². The van der Waals surface area contributed by atoms with Gasteiger partial charge < -0.3 is 11.5 Å². The van der Waals surface area contributed by atoms with Crippen molar-refractivity contribution < 1.29 is 4.63 Å². The van der Waals surface area contributed by atoms with Crippen LogP contribution in [0.25, 0.3) is 17.1 Å². The summed E-state index contributed by atoms with van der Waals surface area (Å²) in [5, 5.41) is 15.3. The molecule has 0 aliphatic carbocycles. The van der Waals surface area contributed by atoms with E-state index in [1.165, 1.54) is 4.68 Å². The number of nitrogens with zero attached hydrogens (tertiary/aromatic N) is 5. The molecule has 2 heterocycles. The molecule has 8 heteroatoms. The molecular weight excluding hydrogens is 246 g/mol. The molecule has 0 bridgehead atoms. The molecule has 0 saturated heterocycles. The van der Waals surface area contributed by atoms with E-state index < -0.39 is 0 Å². The van der Waals surface area contributed by atoms with Crippen molar-refractivity contribution in [2.45, 2.75) is 6.54 Å². The molecule has 0 radical (unpaired) electrons. The molecule has 3 aromatic rings. The Balaban J connectivity index is 2.23. The van der Waals surface area contributed by atoms with Crippen molar-refractivity contribution in [1.82, 2.24) is 25.3 Å². The minimum atomic E-state index is 0.144. The van der Waals surface area contributed by atoms with Crippen LogP contribution < -0.4 is 11.5 Å². The van der Waals surface area contributed by atoms with Gasteiger partial charge in [0.25, 0.3) is 0 Å². The summed E-state index contributed by atoms with van der Waals surface area (Å²) in [5.41, 5.74) is 13.7. The molecule has 2 aromatic heterocycles. The maximum absolute atomic E-state index is 5.69. The van der Waals surface area contributed by atoms with Crippen LogP contribution in [0.1, 0.15) is 5.69 Å². The van der Waals surface area contributed by atoms with Gasteiger partial charge in [0.1, 0.15) is 11.4 Å². The van der Waals surface area contributed by atoms with Crippen LogP contribution in [0.4, 0.5) is 5.82 Å². The highest BCUT2D eigenvalue weighted by Gasteiger charge is 2.19. The summed E-state index contributed by atoms with van der Waals surface area (Å²) in [5.74, 6) is 0.441. The molecule has 4 N–H and O–H groups in total. The van der Waals surface area contributed by atoms with Crippen molar-refractivity contribution in [1.29, 1.82) is 0 Å². The lowest BCUT2D eigenvalue weighted by atomic mass is 10.1. The van der Waals surface area contributed by atoms with Gasteiger partial charge in [0.05, 0.1) is 0 Å². The maximum atomic E-state index is 5.69. The zero-order valence-corrected chi connectivity index (χ0v) is 9.89. The van der Waals surface area contributed by atoms with Gasteiger partial charge in [-0.25, -0.2) is 4.63 Å². The van der Waals surface area contributed by atoms with Crippen LogP contribution in [0, 0.1) is 0 Å². The summed E-state index contributed by atoms with van der Waals surface area (Å²) < 4.78 is 6.06. The fourth-order valence-corrected chi connectivity index (χ4v) is 1.82. The number of benzene rings is 1. The fourth-order valence-electron chi connectivity index (χ4n) is 1.82. The highest BCUT2D eigenvalue weighted by Crippen LogP contribution is 2.25. The Morgan fingerprint density at radius 3 is 2.58 bits per heavy atom. The Hall–Kier alpha value is -2.74. The average Bonchev–Trinajstić information content (AvgIpc) is 3.05. The first-order valence-electron chi connectivity index (χ1n) is 5.59. The van der Waals surface area contributed by atoms with Crippen LogP contribution in [0.5, 0.6) is 0 Å². The lowest BCUT2D eigenvalue weighted by Gasteiger charge is -2.04. The van der Waals surface area contributed by atoms with Gasteiger partial charge in [-0.3, -0.25) is 0 Å². The van der Waals surface area contributed by atoms with Gasteiger partial charge in [0.2, 0.25) is 11.6 Å². The number of anilines is 1. The minimum Gasteiger partial charge on any atom is -0.378 e. The number of hydrogen-bond acceptors (Lipinski definition) is 7. The highest BCUT2D eigenvalue weighted by atomic mass is 16.6. The Bertz CT molecular complexity index is 688. The van der Waals surface area contributed by atoms with E-state index >= 15 is 0 Å². The fraction of sp³-hybridized carbons (Fsp3) is 0.0909. The Kier molecular flexibility index (Phi) is 2.69. The van der Waals surface area contributed by atoms with Crippen molar-refractivity contribution in [3.8, 4) is 17.1 Å². The first-order chi connectivity index (χ1) is 9.31. The molecule has 0 spiro atoms. The summed E-state index contributed by atoms with van der Waals surface area (Å²) in [4.78, 5) is 0. The summed E-state index contributed by atoms with van der Waals surface area (Å²) in [7, 11) is 0. The molecule has 96 valence electrons. The quantitative estimate of drug-likeness (QED) is 0.694. The highest BCUT2D eigenvalue weighted by molar-refractivity contribution is 5.65. The van der Waals surface area contributed by atoms with Crippen LogP contribution in [0.3, 0.4) is 0 Å². The SMILES string of the molecule is NCc1nnn(-c2nonc2N)c1-c1ccccc1. The molecule has 0 amide bonds. The number of nitrogens with two attached hydrogens (primary N) is 2. The largest absolute Gasteiger partial charge is 0.378 e. The molecule has 0 aliphatic rings. The lowest BCUT2D eigenvalue weighted by Crippen LogP contribution is -2.05.